The molecule has 0 saturated carbocycles. The van der Waals surface area contributed by atoms with Crippen LogP contribution in [0.2, 0.25) is 0 Å². The Morgan fingerprint density at radius 2 is 2.29 bits per heavy atom. The zero-order chi connectivity index (χ0) is 12.3. The van der Waals surface area contributed by atoms with Gasteiger partial charge in [-0.15, -0.1) is 0 Å². The molecule has 1 aromatic carbocycles. The van der Waals surface area contributed by atoms with Crippen molar-refractivity contribution in [2.45, 2.75) is 25.8 Å². The van der Waals surface area contributed by atoms with Crippen LogP contribution in [-0.2, 0) is 6.42 Å². The highest BCUT2D eigenvalue weighted by Gasteiger charge is 2.28. The van der Waals surface area contributed by atoms with Gasteiger partial charge in [0.15, 0.2) is 0 Å². The molecule has 0 radical (unpaired) electrons. The summed E-state index contributed by atoms with van der Waals surface area (Å²) in [5.41, 5.74) is 2.66. The van der Waals surface area contributed by atoms with E-state index in [4.69, 9.17) is 4.74 Å². The molecule has 0 saturated heterocycles. The summed E-state index contributed by atoms with van der Waals surface area (Å²) in [6.45, 7) is 3.28. The maximum absolute atomic E-state index is 9.45. The molecule has 1 aliphatic rings. The first-order valence-corrected chi connectivity index (χ1v) is 6.31. The molecule has 2 N–H and O–H groups in total. The molecule has 2 atom stereocenters. The number of nitrogens with one attached hydrogen (secondary N) is 1. The van der Waals surface area contributed by atoms with Crippen LogP contribution < -0.4 is 10.1 Å². The smallest absolute Gasteiger partial charge is 0.119 e. The highest BCUT2D eigenvalue weighted by Crippen LogP contribution is 2.35. The first kappa shape index (κ1) is 12.4. The summed E-state index contributed by atoms with van der Waals surface area (Å²) in [6, 6.07) is 6.53. The number of benzene rings is 1. The Kier molecular flexibility index (Phi) is 4.02. The number of hydrogen-bond donors (Lipinski definition) is 2. The quantitative estimate of drug-likeness (QED) is 0.837. The minimum absolute atomic E-state index is 0.253. The number of ether oxygens (including phenoxy) is 1. The minimum Gasteiger partial charge on any atom is -0.497 e. The summed E-state index contributed by atoms with van der Waals surface area (Å²) >= 11 is 0. The number of aliphatic hydroxyl groups is 1. The lowest BCUT2D eigenvalue weighted by Crippen LogP contribution is -2.34. The maximum atomic E-state index is 9.45. The molecule has 0 aromatic heterocycles. The van der Waals surface area contributed by atoms with Crippen molar-refractivity contribution in [3.63, 3.8) is 0 Å². The zero-order valence-electron chi connectivity index (χ0n) is 10.6. The number of hydrogen-bond acceptors (Lipinski definition) is 3. The lowest BCUT2D eigenvalue weighted by atomic mass is 9.80. The van der Waals surface area contributed by atoms with Gasteiger partial charge in [0.25, 0.3) is 0 Å². The number of fused-ring (bicyclic) bond motifs is 1. The molecule has 2 rings (SSSR count). The molecule has 0 amide bonds. The van der Waals surface area contributed by atoms with Crippen LogP contribution in [0.3, 0.4) is 0 Å². The Morgan fingerprint density at radius 1 is 1.47 bits per heavy atom. The summed E-state index contributed by atoms with van der Waals surface area (Å²) in [6.07, 6.45) is 2.06. The summed E-state index contributed by atoms with van der Waals surface area (Å²) < 4.78 is 5.26. The molecule has 0 heterocycles. The van der Waals surface area contributed by atoms with E-state index in [0.29, 0.717) is 5.92 Å². The van der Waals surface area contributed by atoms with Gasteiger partial charge in [-0.05, 0) is 42.6 Å². The van der Waals surface area contributed by atoms with Gasteiger partial charge >= 0.3 is 0 Å². The van der Waals surface area contributed by atoms with Crippen molar-refractivity contribution in [3.05, 3.63) is 29.3 Å². The summed E-state index contributed by atoms with van der Waals surface area (Å²) in [4.78, 5) is 0. The summed E-state index contributed by atoms with van der Waals surface area (Å²) in [5, 5.41) is 12.9. The van der Waals surface area contributed by atoms with E-state index in [9.17, 15) is 5.11 Å². The highest BCUT2D eigenvalue weighted by atomic mass is 16.5. The van der Waals surface area contributed by atoms with Gasteiger partial charge in [0, 0.05) is 18.6 Å². The third-order valence-corrected chi connectivity index (χ3v) is 3.60. The third kappa shape index (κ3) is 2.45. The molecule has 3 nitrogen and oxygen atoms in total. The van der Waals surface area contributed by atoms with Crippen LogP contribution in [0, 0.1) is 5.92 Å². The van der Waals surface area contributed by atoms with Crippen molar-refractivity contribution in [3.8, 4) is 5.75 Å². The average molecular weight is 235 g/mol. The van der Waals surface area contributed by atoms with E-state index in [1.807, 2.05) is 6.07 Å². The molecule has 0 fully saturated rings. The minimum atomic E-state index is 0.253. The second-order valence-corrected chi connectivity index (χ2v) is 4.58. The SMILES string of the molecule is CCNC1c2ccc(OC)cc2CCC1CO. The largest absolute Gasteiger partial charge is 0.497 e. The molecule has 17 heavy (non-hydrogen) atoms. The van der Waals surface area contributed by atoms with Crippen LogP contribution in [0.25, 0.3) is 0 Å². The summed E-state index contributed by atoms with van der Waals surface area (Å²) in [7, 11) is 1.70. The van der Waals surface area contributed by atoms with E-state index >= 15 is 0 Å². The number of methoxy groups -OCH3 is 1. The van der Waals surface area contributed by atoms with Crippen molar-refractivity contribution in [2.75, 3.05) is 20.3 Å². The van der Waals surface area contributed by atoms with E-state index in [0.717, 1.165) is 25.1 Å². The van der Waals surface area contributed by atoms with Crippen molar-refractivity contribution in [1.29, 1.82) is 0 Å². The Labute approximate surface area is 103 Å². The van der Waals surface area contributed by atoms with Gasteiger partial charge < -0.3 is 15.2 Å². The monoisotopic (exact) mass is 235 g/mol. The topological polar surface area (TPSA) is 41.5 Å². The Bertz CT molecular complexity index is 378. The Hall–Kier alpha value is -1.06. The standard InChI is InChI=1S/C14H21NO2/c1-3-15-14-11(9-16)5-4-10-8-12(17-2)6-7-13(10)14/h6-8,11,14-16H,3-5,9H2,1-2H3. The van der Waals surface area contributed by atoms with Crippen molar-refractivity contribution in [1.82, 2.24) is 5.32 Å². The first-order chi connectivity index (χ1) is 8.30. The van der Waals surface area contributed by atoms with Crippen LogP contribution in [0.15, 0.2) is 18.2 Å². The van der Waals surface area contributed by atoms with E-state index in [-0.39, 0.29) is 12.6 Å². The van der Waals surface area contributed by atoms with E-state index in [1.54, 1.807) is 7.11 Å². The second kappa shape index (κ2) is 5.52. The molecule has 0 spiro atoms. The van der Waals surface area contributed by atoms with Crippen molar-refractivity contribution >= 4 is 0 Å². The fourth-order valence-electron chi connectivity index (χ4n) is 2.68. The first-order valence-electron chi connectivity index (χ1n) is 6.31. The van der Waals surface area contributed by atoms with E-state index < -0.39 is 0 Å². The molecular weight excluding hydrogens is 214 g/mol. The average Bonchev–Trinajstić information content (AvgIpc) is 2.38. The molecule has 1 aromatic rings. The number of rotatable bonds is 4. The fraction of sp³-hybridized carbons (Fsp3) is 0.571. The van der Waals surface area contributed by atoms with Crippen LogP contribution in [-0.4, -0.2) is 25.4 Å². The van der Waals surface area contributed by atoms with Gasteiger partial charge in [-0.1, -0.05) is 13.0 Å². The molecule has 2 unspecified atom stereocenters. The maximum Gasteiger partial charge on any atom is 0.119 e. The number of aliphatic hydroxyl groups excluding tert-OH is 1. The fourth-order valence-corrected chi connectivity index (χ4v) is 2.68. The number of aryl methyl sites for hydroxylation is 1. The van der Waals surface area contributed by atoms with Gasteiger partial charge in [-0.25, -0.2) is 0 Å². The summed E-state index contributed by atoms with van der Waals surface area (Å²) in [5.74, 6) is 1.25. The Balaban J connectivity index is 2.32. The molecule has 3 heteroatoms. The van der Waals surface area contributed by atoms with Crippen LogP contribution in [0.4, 0.5) is 0 Å². The normalized spacial score (nSPS) is 23.2. The van der Waals surface area contributed by atoms with Crippen LogP contribution >= 0.6 is 0 Å². The van der Waals surface area contributed by atoms with Gasteiger partial charge in [-0.2, -0.15) is 0 Å². The van der Waals surface area contributed by atoms with E-state index in [1.165, 1.54) is 11.1 Å². The highest BCUT2D eigenvalue weighted by molar-refractivity contribution is 5.39. The predicted molar refractivity (Wildman–Crippen MR) is 68.3 cm³/mol. The molecule has 0 aliphatic heterocycles. The van der Waals surface area contributed by atoms with Gasteiger partial charge in [0.2, 0.25) is 0 Å². The molecule has 1 aliphatic carbocycles. The molecule has 94 valence electrons. The van der Waals surface area contributed by atoms with Gasteiger partial charge in [-0.3, -0.25) is 0 Å². The van der Waals surface area contributed by atoms with Gasteiger partial charge in [0.1, 0.15) is 5.75 Å². The van der Waals surface area contributed by atoms with Crippen LogP contribution in [0.1, 0.15) is 30.5 Å². The predicted octanol–water partition coefficient (Wildman–Crippen LogP) is 1.90. The van der Waals surface area contributed by atoms with Crippen molar-refractivity contribution in [2.24, 2.45) is 5.92 Å². The Morgan fingerprint density at radius 3 is 2.94 bits per heavy atom. The third-order valence-electron chi connectivity index (χ3n) is 3.60. The second-order valence-electron chi connectivity index (χ2n) is 4.58. The van der Waals surface area contributed by atoms with E-state index in [2.05, 4.69) is 24.4 Å². The van der Waals surface area contributed by atoms with Gasteiger partial charge in [0.05, 0.1) is 7.11 Å². The van der Waals surface area contributed by atoms with Crippen LogP contribution in [0.5, 0.6) is 5.75 Å². The van der Waals surface area contributed by atoms with Crippen molar-refractivity contribution < 1.29 is 9.84 Å². The molecular formula is C14H21NO2. The zero-order valence-corrected chi connectivity index (χ0v) is 10.6. The lowest BCUT2D eigenvalue weighted by Gasteiger charge is -2.33. The molecule has 0 bridgehead atoms. The lowest BCUT2D eigenvalue weighted by molar-refractivity contribution is 0.175.